The Morgan fingerprint density at radius 1 is 1.18 bits per heavy atom. The minimum atomic E-state index is 1.03. The molecule has 1 aliphatic rings. The largest absolute Gasteiger partial charge is 0.354 e. The van der Waals surface area contributed by atoms with Gasteiger partial charge in [-0.2, -0.15) is 0 Å². The van der Waals surface area contributed by atoms with Gasteiger partial charge in [0.1, 0.15) is 0 Å². The number of anilines is 1. The van der Waals surface area contributed by atoms with Gasteiger partial charge < -0.3 is 5.32 Å². The summed E-state index contributed by atoms with van der Waals surface area (Å²) in [6, 6.07) is 8.21. The van der Waals surface area contributed by atoms with E-state index in [0.29, 0.717) is 0 Å². The minimum absolute atomic E-state index is 1.03. The van der Waals surface area contributed by atoms with Crippen molar-refractivity contribution in [3.63, 3.8) is 0 Å². The van der Waals surface area contributed by atoms with Gasteiger partial charge >= 0.3 is 0 Å². The molecule has 0 amide bonds. The molecule has 2 rings (SSSR count). The van der Waals surface area contributed by atoms with Crippen molar-refractivity contribution in [3.8, 4) is 0 Å². The van der Waals surface area contributed by atoms with Gasteiger partial charge in [-0.1, -0.05) is 63.4 Å². The van der Waals surface area contributed by atoms with Crippen LogP contribution in [-0.4, -0.2) is 0 Å². The highest BCUT2D eigenvalue weighted by Crippen LogP contribution is 2.39. The predicted octanol–water partition coefficient (Wildman–Crippen LogP) is 5.20. The first-order chi connectivity index (χ1) is 8.26. The molecule has 1 aromatic carbocycles. The zero-order valence-electron chi connectivity index (χ0n) is 10.5. The number of fused-ring (bicyclic) bond motifs is 1. The van der Waals surface area contributed by atoms with E-state index in [1.165, 1.54) is 11.3 Å². The Kier molecular flexibility index (Phi) is 5.64. The quantitative estimate of drug-likeness (QED) is 0.768. The van der Waals surface area contributed by atoms with Crippen LogP contribution in [0.5, 0.6) is 0 Å². The van der Waals surface area contributed by atoms with Crippen LogP contribution in [0.3, 0.4) is 0 Å². The Bertz CT molecular complexity index is 393. The second-order valence-corrected chi connectivity index (χ2v) is 4.70. The summed E-state index contributed by atoms with van der Waals surface area (Å²) in [5.74, 6) is 0. The summed E-state index contributed by atoms with van der Waals surface area (Å²) in [6.07, 6.45) is 4.92. The fraction of sp³-hybridized carbons (Fsp3) is 0.200. The van der Waals surface area contributed by atoms with Crippen LogP contribution in [0.25, 0.3) is 0 Å². The smallest absolute Gasteiger partial charge is 0.0526 e. The van der Waals surface area contributed by atoms with E-state index < -0.39 is 0 Å². The molecule has 1 aliphatic heterocycles. The minimum Gasteiger partial charge on any atom is -0.354 e. The molecule has 1 heterocycles. The first kappa shape index (κ1) is 13.7. The maximum atomic E-state index is 3.79. The molecule has 0 aliphatic carbocycles. The molecule has 0 bridgehead atoms. The molecule has 1 nitrogen and oxygen atoms in total. The fourth-order valence-corrected chi connectivity index (χ4v) is 2.28. The van der Waals surface area contributed by atoms with Crippen molar-refractivity contribution in [3.05, 3.63) is 60.2 Å². The lowest BCUT2D eigenvalue weighted by Gasteiger charge is -2.20. The molecule has 1 aromatic rings. The van der Waals surface area contributed by atoms with E-state index in [0.717, 1.165) is 16.3 Å². The van der Waals surface area contributed by atoms with Crippen molar-refractivity contribution in [2.24, 2.45) is 0 Å². The Morgan fingerprint density at radius 3 is 2.41 bits per heavy atom. The average Bonchev–Trinajstić information content (AvgIpc) is 2.38. The van der Waals surface area contributed by atoms with Gasteiger partial charge in [-0.25, -0.2) is 0 Å². The summed E-state index contributed by atoms with van der Waals surface area (Å²) in [5, 5.41) is 3.32. The number of hydrogen-bond acceptors (Lipinski definition) is 2. The molecule has 17 heavy (non-hydrogen) atoms. The average molecular weight is 245 g/mol. The van der Waals surface area contributed by atoms with E-state index in [4.69, 9.17) is 0 Å². The lowest BCUT2D eigenvalue weighted by atomic mass is 10.3. The topological polar surface area (TPSA) is 12.0 Å². The SMILES string of the molecule is C=CC1=C(C=C)Sc2ccccc2N1.CCC. The molecule has 1 N–H and O–H groups in total. The van der Waals surface area contributed by atoms with Crippen molar-refractivity contribution in [2.45, 2.75) is 25.2 Å². The predicted molar refractivity (Wildman–Crippen MR) is 79.3 cm³/mol. The van der Waals surface area contributed by atoms with E-state index >= 15 is 0 Å². The van der Waals surface area contributed by atoms with E-state index in [-0.39, 0.29) is 0 Å². The standard InChI is InChI=1S/C12H11NS.C3H8/c1-3-9-11(4-2)14-12-8-6-5-7-10(12)13-9;1-3-2/h3-8,13H,1-2H2;3H2,1-2H3. The normalized spacial score (nSPS) is 12.8. The number of para-hydroxylation sites is 1. The van der Waals surface area contributed by atoms with Gasteiger partial charge in [0.25, 0.3) is 0 Å². The van der Waals surface area contributed by atoms with Crippen molar-refractivity contribution in [1.82, 2.24) is 0 Å². The molecule has 0 atom stereocenters. The molecular formula is C15H19NS. The fourth-order valence-electron chi connectivity index (χ4n) is 1.34. The zero-order chi connectivity index (χ0) is 12.7. The first-order valence-corrected chi connectivity index (χ1v) is 6.61. The molecule has 0 radical (unpaired) electrons. The highest BCUT2D eigenvalue weighted by molar-refractivity contribution is 8.03. The van der Waals surface area contributed by atoms with Crippen LogP contribution in [0.2, 0.25) is 0 Å². The number of nitrogens with one attached hydrogen (secondary N) is 1. The van der Waals surface area contributed by atoms with E-state index in [1.54, 1.807) is 11.8 Å². The lowest BCUT2D eigenvalue weighted by Crippen LogP contribution is -2.04. The molecule has 0 saturated heterocycles. The van der Waals surface area contributed by atoms with Gasteiger partial charge in [0.2, 0.25) is 0 Å². The third-order valence-electron chi connectivity index (χ3n) is 2.03. The summed E-state index contributed by atoms with van der Waals surface area (Å²) in [6.45, 7) is 11.8. The van der Waals surface area contributed by atoms with Crippen molar-refractivity contribution < 1.29 is 0 Å². The maximum absolute atomic E-state index is 3.79. The van der Waals surface area contributed by atoms with Gasteiger partial charge in [-0.3, -0.25) is 0 Å². The molecule has 90 valence electrons. The van der Waals surface area contributed by atoms with Gasteiger partial charge in [-0.05, 0) is 18.2 Å². The maximum Gasteiger partial charge on any atom is 0.0526 e. The van der Waals surface area contributed by atoms with Gasteiger partial charge in [-0.15, -0.1) is 0 Å². The molecule has 0 aromatic heterocycles. The van der Waals surface area contributed by atoms with Crippen molar-refractivity contribution >= 4 is 17.4 Å². The summed E-state index contributed by atoms with van der Waals surface area (Å²) >= 11 is 1.72. The molecule has 0 fully saturated rings. The number of rotatable bonds is 2. The Balaban J connectivity index is 0.000000437. The number of thioether (sulfide) groups is 1. The van der Waals surface area contributed by atoms with Crippen LogP contribution < -0.4 is 5.32 Å². The Morgan fingerprint density at radius 2 is 1.82 bits per heavy atom. The van der Waals surface area contributed by atoms with Gasteiger partial charge in [0, 0.05) is 9.80 Å². The summed E-state index contributed by atoms with van der Waals surface area (Å²) in [5.41, 5.74) is 2.17. The van der Waals surface area contributed by atoms with Crippen LogP contribution in [0.4, 0.5) is 5.69 Å². The van der Waals surface area contributed by atoms with Crippen LogP contribution in [-0.2, 0) is 0 Å². The number of hydrogen-bond donors (Lipinski definition) is 1. The van der Waals surface area contributed by atoms with Crippen LogP contribution in [0, 0.1) is 0 Å². The van der Waals surface area contributed by atoms with Crippen LogP contribution in [0.15, 0.2) is 65.1 Å². The monoisotopic (exact) mass is 245 g/mol. The molecular weight excluding hydrogens is 226 g/mol. The highest BCUT2D eigenvalue weighted by atomic mass is 32.2. The number of benzene rings is 1. The third-order valence-corrected chi connectivity index (χ3v) is 3.21. The third kappa shape index (κ3) is 3.53. The molecule has 0 spiro atoms. The Labute approximate surface area is 108 Å². The lowest BCUT2D eigenvalue weighted by molar-refractivity contribution is 1.09. The van der Waals surface area contributed by atoms with Gasteiger partial charge in [0.05, 0.1) is 11.4 Å². The van der Waals surface area contributed by atoms with Gasteiger partial charge in [0.15, 0.2) is 0 Å². The Hall–Kier alpha value is -1.41. The van der Waals surface area contributed by atoms with E-state index in [2.05, 4.69) is 44.5 Å². The second kappa shape index (κ2) is 7.02. The summed E-state index contributed by atoms with van der Waals surface area (Å²) in [7, 11) is 0. The summed E-state index contributed by atoms with van der Waals surface area (Å²) < 4.78 is 0. The first-order valence-electron chi connectivity index (χ1n) is 5.79. The van der Waals surface area contributed by atoms with E-state index in [9.17, 15) is 0 Å². The van der Waals surface area contributed by atoms with Crippen molar-refractivity contribution in [1.29, 1.82) is 0 Å². The van der Waals surface area contributed by atoms with Crippen molar-refractivity contribution in [2.75, 3.05) is 5.32 Å². The molecule has 0 saturated carbocycles. The highest BCUT2D eigenvalue weighted by Gasteiger charge is 2.13. The zero-order valence-corrected chi connectivity index (χ0v) is 11.3. The molecule has 0 unspecified atom stereocenters. The number of allylic oxidation sites excluding steroid dienone is 2. The summed E-state index contributed by atoms with van der Waals surface area (Å²) in [4.78, 5) is 2.35. The molecule has 2 heteroatoms. The van der Waals surface area contributed by atoms with Crippen LogP contribution >= 0.6 is 11.8 Å². The second-order valence-electron chi connectivity index (χ2n) is 3.62. The van der Waals surface area contributed by atoms with Crippen LogP contribution in [0.1, 0.15) is 20.3 Å². The van der Waals surface area contributed by atoms with E-state index in [1.807, 2.05) is 24.3 Å².